The Balaban J connectivity index is 2.80. The quantitative estimate of drug-likeness (QED) is 0.555. The molecule has 20 heavy (non-hydrogen) atoms. The van der Waals surface area contributed by atoms with Gasteiger partial charge in [-0.15, -0.1) is 0 Å². The van der Waals surface area contributed by atoms with Gasteiger partial charge < -0.3 is 10.1 Å². The Morgan fingerprint density at radius 3 is 2.75 bits per heavy atom. The largest absolute Gasteiger partial charge is 0.487 e. The molecule has 0 bridgehead atoms. The van der Waals surface area contributed by atoms with Gasteiger partial charge in [-0.2, -0.15) is 0 Å². The van der Waals surface area contributed by atoms with Crippen LogP contribution in [-0.2, 0) is 6.54 Å². The lowest BCUT2D eigenvalue weighted by Gasteiger charge is -2.13. The van der Waals surface area contributed by atoms with E-state index < -0.39 is 4.92 Å². The van der Waals surface area contributed by atoms with E-state index in [0.29, 0.717) is 24.8 Å². The lowest BCUT2D eigenvalue weighted by atomic mass is 10.1. The summed E-state index contributed by atoms with van der Waals surface area (Å²) in [6.07, 6.45) is 2.15. The van der Waals surface area contributed by atoms with Crippen LogP contribution in [0.2, 0.25) is 0 Å². The van der Waals surface area contributed by atoms with Crippen molar-refractivity contribution >= 4 is 5.69 Å². The molecule has 1 aromatic carbocycles. The van der Waals surface area contributed by atoms with Crippen LogP contribution in [0.5, 0.6) is 5.75 Å². The second-order valence-corrected chi connectivity index (χ2v) is 5.04. The van der Waals surface area contributed by atoms with E-state index in [-0.39, 0.29) is 5.69 Å². The summed E-state index contributed by atoms with van der Waals surface area (Å²) in [4.78, 5) is 10.6. The summed E-state index contributed by atoms with van der Waals surface area (Å²) in [7, 11) is 0. The van der Waals surface area contributed by atoms with Gasteiger partial charge in [-0.25, -0.2) is 0 Å². The molecule has 1 rings (SSSR count). The molecule has 112 valence electrons. The van der Waals surface area contributed by atoms with E-state index in [0.717, 1.165) is 24.9 Å². The maximum atomic E-state index is 11.0. The van der Waals surface area contributed by atoms with Crippen LogP contribution in [-0.4, -0.2) is 18.1 Å². The number of hydrogen-bond donors (Lipinski definition) is 1. The van der Waals surface area contributed by atoms with E-state index in [2.05, 4.69) is 19.2 Å². The van der Waals surface area contributed by atoms with E-state index in [4.69, 9.17) is 4.74 Å². The summed E-state index contributed by atoms with van der Waals surface area (Å²) in [5.74, 6) is 0.769. The number of rotatable bonds is 9. The zero-order valence-corrected chi connectivity index (χ0v) is 12.5. The molecular weight excluding hydrogens is 256 g/mol. The summed E-state index contributed by atoms with van der Waals surface area (Å²) in [5, 5.41) is 14.2. The fourth-order valence-corrected chi connectivity index (χ4v) is 2.01. The number of nitrogens with one attached hydrogen (secondary N) is 1. The van der Waals surface area contributed by atoms with Crippen LogP contribution >= 0.6 is 0 Å². The number of nitro groups is 1. The Morgan fingerprint density at radius 2 is 2.15 bits per heavy atom. The van der Waals surface area contributed by atoms with Gasteiger partial charge in [0.05, 0.1) is 11.5 Å². The molecule has 1 aromatic rings. The molecule has 0 saturated heterocycles. The SMILES string of the molecule is CCCC(C)COc1cc(CNCC)ccc1[N+](=O)[O-]. The van der Waals surface area contributed by atoms with Crippen molar-refractivity contribution in [3.8, 4) is 5.75 Å². The number of benzene rings is 1. The van der Waals surface area contributed by atoms with Crippen LogP contribution in [0.4, 0.5) is 5.69 Å². The second kappa shape index (κ2) is 8.53. The molecule has 1 N–H and O–H groups in total. The van der Waals surface area contributed by atoms with Gasteiger partial charge in [0.25, 0.3) is 0 Å². The molecule has 0 aromatic heterocycles. The fourth-order valence-electron chi connectivity index (χ4n) is 2.01. The first-order valence-electron chi connectivity index (χ1n) is 7.19. The van der Waals surface area contributed by atoms with Gasteiger partial charge in [0.15, 0.2) is 5.75 Å². The standard InChI is InChI=1S/C15H24N2O3/c1-4-6-12(3)11-20-15-9-13(10-16-5-2)7-8-14(15)17(18)19/h7-9,12,16H,4-6,10-11H2,1-3H3. The Bertz CT molecular complexity index is 435. The van der Waals surface area contributed by atoms with Gasteiger partial charge in [0.1, 0.15) is 0 Å². The molecule has 1 atom stereocenters. The van der Waals surface area contributed by atoms with Crippen LogP contribution in [0, 0.1) is 16.0 Å². The van der Waals surface area contributed by atoms with Gasteiger partial charge in [-0.1, -0.05) is 33.3 Å². The van der Waals surface area contributed by atoms with Crippen LogP contribution in [0.25, 0.3) is 0 Å². The topological polar surface area (TPSA) is 64.4 Å². The molecule has 0 heterocycles. The Kier molecular flexibility index (Phi) is 7.01. The third kappa shape index (κ3) is 5.17. The summed E-state index contributed by atoms with van der Waals surface area (Å²) in [6.45, 7) is 8.30. The van der Waals surface area contributed by atoms with Crippen molar-refractivity contribution in [1.82, 2.24) is 5.32 Å². The summed E-state index contributed by atoms with van der Waals surface area (Å²) in [6, 6.07) is 5.05. The van der Waals surface area contributed by atoms with E-state index in [1.165, 1.54) is 6.07 Å². The van der Waals surface area contributed by atoms with E-state index in [1.807, 2.05) is 6.92 Å². The molecule has 0 spiro atoms. The smallest absolute Gasteiger partial charge is 0.310 e. The predicted octanol–water partition coefficient (Wildman–Crippen LogP) is 3.52. The predicted molar refractivity (Wildman–Crippen MR) is 80.0 cm³/mol. The average molecular weight is 280 g/mol. The average Bonchev–Trinajstić information content (AvgIpc) is 2.43. The third-order valence-corrected chi connectivity index (χ3v) is 3.10. The molecule has 0 saturated carbocycles. The van der Waals surface area contributed by atoms with Crippen molar-refractivity contribution < 1.29 is 9.66 Å². The van der Waals surface area contributed by atoms with Gasteiger partial charge in [0, 0.05) is 12.6 Å². The summed E-state index contributed by atoms with van der Waals surface area (Å²) in [5.41, 5.74) is 1.03. The van der Waals surface area contributed by atoms with E-state index in [1.54, 1.807) is 12.1 Å². The molecule has 5 nitrogen and oxygen atoms in total. The lowest BCUT2D eigenvalue weighted by Crippen LogP contribution is -2.13. The minimum Gasteiger partial charge on any atom is -0.487 e. The molecule has 5 heteroatoms. The van der Waals surface area contributed by atoms with Crippen molar-refractivity contribution in [2.24, 2.45) is 5.92 Å². The second-order valence-electron chi connectivity index (χ2n) is 5.04. The summed E-state index contributed by atoms with van der Waals surface area (Å²) < 4.78 is 5.66. The maximum absolute atomic E-state index is 11.0. The zero-order chi connectivity index (χ0) is 15.0. The molecule has 0 radical (unpaired) electrons. The van der Waals surface area contributed by atoms with Crippen LogP contribution in [0.15, 0.2) is 18.2 Å². The first-order chi connectivity index (χ1) is 9.58. The van der Waals surface area contributed by atoms with Gasteiger partial charge in [-0.3, -0.25) is 10.1 Å². The van der Waals surface area contributed by atoms with Crippen LogP contribution in [0.1, 0.15) is 39.2 Å². The van der Waals surface area contributed by atoms with Crippen LogP contribution < -0.4 is 10.1 Å². The van der Waals surface area contributed by atoms with Crippen molar-refractivity contribution in [2.45, 2.75) is 40.2 Å². The normalized spacial score (nSPS) is 12.2. The minimum absolute atomic E-state index is 0.0361. The fraction of sp³-hybridized carbons (Fsp3) is 0.600. The molecule has 0 aliphatic heterocycles. The Hall–Kier alpha value is -1.62. The highest BCUT2D eigenvalue weighted by Crippen LogP contribution is 2.28. The van der Waals surface area contributed by atoms with Gasteiger partial charge in [0.2, 0.25) is 0 Å². The molecule has 0 aliphatic rings. The van der Waals surface area contributed by atoms with Crippen molar-refractivity contribution in [3.63, 3.8) is 0 Å². The lowest BCUT2D eigenvalue weighted by molar-refractivity contribution is -0.385. The van der Waals surface area contributed by atoms with E-state index >= 15 is 0 Å². The number of nitrogens with zero attached hydrogens (tertiary/aromatic N) is 1. The van der Waals surface area contributed by atoms with Crippen LogP contribution in [0.3, 0.4) is 0 Å². The first kappa shape index (κ1) is 16.4. The highest BCUT2D eigenvalue weighted by Gasteiger charge is 2.16. The molecule has 1 unspecified atom stereocenters. The first-order valence-corrected chi connectivity index (χ1v) is 7.19. The highest BCUT2D eigenvalue weighted by molar-refractivity contribution is 5.48. The molecule has 0 fully saturated rings. The summed E-state index contributed by atoms with van der Waals surface area (Å²) >= 11 is 0. The highest BCUT2D eigenvalue weighted by atomic mass is 16.6. The van der Waals surface area contributed by atoms with Crippen molar-refractivity contribution in [1.29, 1.82) is 0 Å². The Morgan fingerprint density at radius 1 is 1.40 bits per heavy atom. The van der Waals surface area contributed by atoms with E-state index in [9.17, 15) is 10.1 Å². The zero-order valence-electron chi connectivity index (χ0n) is 12.5. The maximum Gasteiger partial charge on any atom is 0.310 e. The number of hydrogen-bond acceptors (Lipinski definition) is 4. The van der Waals surface area contributed by atoms with Crippen molar-refractivity contribution in [2.75, 3.05) is 13.2 Å². The Labute approximate surface area is 120 Å². The number of nitro benzene ring substituents is 1. The monoisotopic (exact) mass is 280 g/mol. The molecular formula is C15H24N2O3. The van der Waals surface area contributed by atoms with Gasteiger partial charge in [-0.05, 0) is 30.5 Å². The van der Waals surface area contributed by atoms with Crippen molar-refractivity contribution in [3.05, 3.63) is 33.9 Å². The minimum atomic E-state index is -0.392. The van der Waals surface area contributed by atoms with Gasteiger partial charge >= 0.3 is 5.69 Å². The molecule has 0 aliphatic carbocycles. The number of ether oxygens (including phenoxy) is 1. The third-order valence-electron chi connectivity index (χ3n) is 3.10. The molecule has 0 amide bonds.